The summed E-state index contributed by atoms with van der Waals surface area (Å²) in [4.78, 5) is 0. The predicted octanol–water partition coefficient (Wildman–Crippen LogP) is 0.244. The lowest BCUT2D eigenvalue weighted by Crippen LogP contribution is -1.71. The van der Waals surface area contributed by atoms with E-state index in [-0.39, 0.29) is 0 Å². The molecule has 1 saturated heterocycles. The SMILES string of the molecule is C1NN1.C=CC. The van der Waals surface area contributed by atoms with Gasteiger partial charge in [0.05, 0.1) is 6.67 Å². The summed E-state index contributed by atoms with van der Waals surface area (Å²) in [5, 5.41) is 0. The highest BCUT2D eigenvalue weighted by Gasteiger charge is 1.87. The first-order chi connectivity index (χ1) is 2.91. The van der Waals surface area contributed by atoms with E-state index in [9.17, 15) is 0 Å². The van der Waals surface area contributed by atoms with Crippen LogP contribution < -0.4 is 10.9 Å². The maximum Gasteiger partial charge on any atom is 0.0721 e. The van der Waals surface area contributed by atoms with Crippen LogP contribution in [-0.2, 0) is 0 Å². The average molecular weight is 86.1 g/mol. The Bertz CT molecular complexity index is 29.8. The number of rotatable bonds is 0. The molecule has 0 unspecified atom stereocenters. The zero-order valence-corrected chi connectivity index (χ0v) is 3.99. The third-order valence-corrected chi connectivity index (χ3v) is 0.177. The average Bonchev–Trinajstić information content (AvgIpc) is 2.11. The molecule has 0 aromatic carbocycles. The van der Waals surface area contributed by atoms with Gasteiger partial charge in [0, 0.05) is 0 Å². The molecule has 0 amide bonds. The standard InChI is InChI=1S/C3H6.CH4N2/c1-3-2;1-2-3-1/h3H,1H2,2H3;2-3H,1H2. The Morgan fingerprint density at radius 2 is 1.83 bits per heavy atom. The number of hydrazine groups is 1. The quantitative estimate of drug-likeness (QED) is 0.327. The smallest absolute Gasteiger partial charge is 0.0721 e. The van der Waals surface area contributed by atoms with Crippen molar-refractivity contribution in [2.24, 2.45) is 0 Å². The number of hydrogen-bond acceptors (Lipinski definition) is 2. The van der Waals surface area contributed by atoms with Gasteiger partial charge in [-0.05, 0) is 6.92 Å². The molecule has 0 aromatic rings. The summed E-state index contributed by atoms with van der Waals surface area (Å²) in [5.41, 5.74) is 5.50. The topological polar surface area (TPSA) is 43.9 Å². The van der Waals surface area contributed by atoms with Gasteiger partial charge in [-0.2, -0.15) is 0 Å². The van der Waals surface area contributed by atoms with Crippen molar-refractivity contribution in [3.05, 3.63) is 12.7 Å². The first-order valence-corrected chi connectivity index (χ1v) is 1.94. The molecule has 1 rings (SSSR count). The van der Waals surface area contributed by atoms with Crippen molar-refractivity contribution in [1.29, 1.82) is 0 Å². The van der Waals surface area contributed by atoms with Gasteiger partial charge in [-0.25, -0.2) is 10.9 Å². The minimum atomic E-state index is 1.00. The van der Waals surface area contributed by atoms with Gasteiger partial charge in [0.2, 0.25) is 0 Å². The van der Waals surface area contributed by atoms with E-state index in [1.165, 1.54) is 0 Å². The van der Waals surface area contributed by atoms with Crippen molar-refractivity contribution in [2.45, 2.75) is 6.92 Å². The van der Waals surface area contributed by atoms with Crippen LogP contribution in [0.3, 0.4) is 0 Å². The van der Waals surface area contributed by atoms with E-state index in [2.05, 4.69) is 17.4 Å². The Hall–Kier alpha value is -0.340. The van der Waals surface area contributed by atoms with Gasteiger partial charge in [-0.1, -0.05) is 6.08 Å². The summed E-state index contributed by atoms with van der Waals surface area (Å²) in [6.07, 6.45) is 1.75. The summed E-state index contributed by atoms with van der Waals surface area (Å²) in [7, 11) is 0. The maximum atomic E-state index is 3.36. The first-order valence-electron chi connectivity index (χ1n) is 1.94. The molecule has 0 atom stereocenters. The van der Waals surface area contributed by atoms with Gasteiger partial charge in [0.15, 0.2) is 0 Å². The van der Waals surface area contributed by atoms with Crippen LogP contribution in [0, 0.1) is 0 Å². The highest BCUT2D eigenvalue weighted by atomic mass is 15.6. The fraction of sp³-hybridized carbons (Fsp3) is 0.500. The van der Waals surface area contributed by atoms with Gasteiger partial charge in [0.25, 0.3) is 0 Å². The van der Waals surface area contributed by atoms with Crippen molar-refractivity contribution in [1.82, 2.24) is 10.9 Å². The number of allylic oxidation sites excluding steroid dienone is 1. The van der Waals surface area contributed by atoms with Gasteiger partial charge in [-0.15, -0.1) is 6.58 Å². The normalized spacial score (nSPS) is 14.2. The summed E-state index contributed by atoms with van der Waals surface area (Å²) in [5.74, 6) is 0. The van der Waals surface area contributed by atoms with Gasteiger partial charge in [0.1, 0.15) is 0 Å². The lowest BCUT2D eigenvalue weighted by atomic mass is 10.8. The van der Waals surface area contributed by atoms with E-state index >= 15 is 0 Å². The Balaban J connectivity index is 0.0000000833. The minimum absolute atomic E-state index is 1.00. The highest BCUT2D eigenvalue weighted by molar-refractivity contribution is 4.51. The summed E-state index contributed by atoms with van der Waals surface area (Å²) >= 11 is 0. The van der Waals surface area contributed by atoms with Crippen LogP contribution in [0.5, 0.6) is 0 Å². The molecule has 36 valence electrons. The van der Waals surface area contributed by atoms with Crippen LogP contribution in [0.25, 0.3) is 0 Å². The first kappa shape index (κ1) is 5.66. The van der Waals surface area contributed by atoms with E-state index in [1.54, 1.807) is 6.08 Å². The second-order valence-electron chi connectivity index (χ2n) is 0.939. The number of hydrogen-bond donors (Lipinski definition) is 2. The van der Waals surface area contributed by atoms with Crippen LogP contribution in [0.1, 0.15) is 6.92 Å². The summed E-state index contributed by atoms with van der Waals surface area (Å²) < 4.78 is 0. The lowest BCUT2D eigenvalue weighted by molar-refractivity contribution is 1.17. The molecule has 0 aromatic heterocycles. The molecule has 2 nitrogen and oxygen atoms in total. The van der Waals surface area contributed by atoms with Gasteiger partial charge in [-0.3, -0.25) is 0 Å². The van der Waals surface area contributed by atoms with E-state index in [0.717, 1.165) is 6.67 Å². The van der Waals surface area contributed by atoms with E-state index in [4.69, 9.17) is 0 Å². The third-order valence-electron chi connectivity index (χ3n) is 0.177. The fourth-order valence-electron chi connectivity index (χ4n) is 0. The second-order valence-corrected chi connectivity index (χ2v) is 0.939. The highest BCUT2D eigenvalue weighted by Crippen LogP contribution is 1.48. The van der Waals surface area contributed by atoms with E-state index < -0.39 is 0 Å². The Labute approximate surface area is 38.2 Å². The Kier molecular flexibility index (Phi) is 4.40. The van der Waals surface area contributed by atoms with E-state index in [0.29, 0.717) is 0 Å². The molecular weight excluding hydrogens is 76.1 g/mol. The van der Waals surface area contributed by atoms with Gasteiger partial charge >= 0.3 is 0 Å². The third kappa shape index (κ3) is 59.5. The van der Waals surface area contributed by atoms with Gasteiger partial charge < -0.3 is 0 Å². The second kappa shape index (κ2) is 4.66. The molecule has 6 heavy (non-hydrogen) atoms. The zero-order valence-electron chi connectivity index (χ0n) is 3.99. The maximum absolute atomic E-state index is 3.36. The molecule has 1 heterocycles. The summed E-state index contributed by atoms with van der Waals surface area (Å²) in [6, 6.07) is 0. The van der Waals surface area contributed by atoms with Crippen molar-refractivity contribution < 1.29 is 0 Å². The van der Waals surface area contributed by atoms with Crippen LogP contribution in [0.15, 0.2) is 12.7 Å². The molecule has 2 N–H and O–H groups in total. The van der Waals surface area contributed by atoms with Crippen molar-refractivity contribution in [2.75, 3.05) is 6.67 Å². The molecule has 0 aliphatic carbocycles. The van der Waals surface area contributed by atoms with E-state index in [1.807, 2.05) is 6.92 Å². The van der Waals surface area contributed by atoms with Crippen LogP contribution in [0.2, 0.25) is 0 Å². The van der Waals surface area contributed by atoms with Crippen LogP contribution in [0.4, 0.5) is 0 Å². The fourth-order valence-corrected chi connectivity index (χ4v) is 0. The number of nitrogens with one attached hydrogen (secondary N) is 2. The molecular formula is C4H10N2. The molecule has 0 bridgehead atoms. The predicted molar refractivity (Wildman–Crippen MR) is 27.0 cm³/mol. The molecule has 0 saturated carbocycles. The zero-order chi connectivity index (χ0) is 4.83. The molecule has 1 aliphatic rings. The molecule has 1 aliphatic heterocycles. The van der Waals surface area contributed by atoms with Crippen molar-refractivity contribution >= 4 is 0 Å². The van der Waals surface area contributed by atoms with Crippen molar-refractivity contribution in [3.8, 4) is 0 Å². The Morgan fingerprint density at radius 3 is 1.83 bits per heavy atom. The van der Waals surface area contributed by atoms with Crippen LogP contribution in [-0.4, -0.2) is 6.67 Å². The largest absolute Gasteiger partial charge is 0.241 e. The molecule has 0 radical (unpaired) electrons. The molecule has 0 spiro atoms. The Morgan fingerprint density at radius 1 is 1.67 bits per heavy atom. The van der Waals surface area contributed by atoms with Crippen LogP contribution >= 0.6 is 0 Å². The molecule has 2 heteroatoms. The van der Waals surface area contributed by atoms with Crippen molar-refractivity contribution in [3.63, 3.8) is 0 Å². The monoisotopic (exact) mass is 86.1 g/mol. The minimum Gasteiger partial charge on any atom is -0.241 e. The molecule has 1 fully saturated rings. The summed E-state index contributed by atoms with van der Waals surface area (Å²) in [6.45, 7) is 6.25. The lowest BCUT2D eigenvalue weighted by Gasteiger charge is -1.31.